The van der Waals surface area contributed by atoms with Crippen LogP contribution >= 0.6 is 0 Å². The van der Waals surface area contributed by atoms with Gasteiger partial charge in [-0.3, -0.25) is 4.79 Å². The van der Waals surface area contributed by atoms with Crippen molar-refractivity contribution in [3.05, 3.63) is 29.6 Å². The van der Waals surface area contributed by atoms with Crippen LogP contribution in [0.25, 0.3) is 0 Å². The number of carbonyl (C=O) groups is 1. The van der Waals surface area contributed by atoms with E-state index in [9.17, 15) is 9.18 Å². The van der Waals surface area contributed by atoms with Crippen LogP contribution in [0, 0.1) is 17.1 Å². The van der Waals surface area contributed by atoms with Crippen LogP contribution in [-0.4, -0.2) is 18.0 Å². The first-order chi connectivity index (χ1) is 9.51. The van der Waals surface area contributed by atoms with E-state index < -0.39 is 11.9 Å². The monoisotopic (exact) mass is 277 g/mol. The largest absolute Gasteiger partial charge is 0.372 e. The molecule has 0 saturated carbocycles. The van der Waals surface area contributed by atoms with Gasteiger partial charge in [0, 0.05) is 6.04 Å². The minimum absolute atomic E-state index is 0.137. The second-order valence-corrected chi connectivity index (χ2v) is 4.69. The summed E-state index contributed by atoms with van der Waals surface area (Å²) in [6.45, 7) is 5.69. The minimum atomic E-state index is -0.543. The average Bonchev–Trinajstić information content (AvgIpc) is 2.46. The first kappa shape index (κ1) is 16.0. The third-order valence-corrected chi connectivity index (χ3v) is 3.20. The van der Waals surface area contributed by atoms with E-state index in [0.29, 0.717) is 0 Å². The molecule has 0 bridgehead atoms. The predicted octanol–water partition coefficient (Wildman–Crippen LogP) is 2.80. The van der Waals surface area contributed by atoms with Crippen molar-refractivity contribution in [3.63, 3.8) is 0 Å². The van der Waals surface area contributed by atoms with E-state index >= 15 is 0 Å². The van der Waals surface area contributed by atoms with Gasteiger partial charge in [0.15, 0.2) is 0 Å². The second-order valence-electron chi connectivity index (χ2n) is 4.69. The van der Waals surface area contributed by atoms with E-state index in [0.717, 1.165) is 18.9 Å². The summed E-state index contributed by atoms with van der Waals surface area (Å²) >= 11 is 0. The van der Waals surface area contributed by atoms with Gasteiger partial charge in [-0.25, -0.2) is 4.39 Å². The van der Waals surface area contributed by atoms with Crippen LogP contribution in [-0.2, 0) is 4.79 Å². The van der Waals surface area contributed by atoms with Crippen LogP contribution in [0.3, 0.4) is 0 Å². The Morgan fingerprint density at radius 2 is 2.05 bits per heavy atom. The molecule has 1 aromatic carbocycles. The van der Waals surface area contributed by atoms with E-state index in [4.69, 9.17) is 5.26 Å². The number of amides is 1. The van der Waals surface area contributed by atoms with Gasteiger partial charge < -0.3 is 10.6 Å². The number of rotatable bonds is 6. The molecular weight excluding hydrogens is 257 g/mol. The highest BCUT2D eigenvalue weighted by molar-refractivity contribution is 5.84. The summed E-state index contributed by atoms with van der Waals surface area (Å²) in [5, 5.41) is 14.4. The van der Waals surface area contributed by atoms with Gasteiger partial charge in [0.1, 0.15) is 11.9 Å². The van der Waals surface area contributed by atoms with Gasteiger partial charge in [-0.15, -0.1) is 0 Å². The molecule has 1 aromatic rings. The van der Waals surface area contributed by atoms with Crippen molar-refractivity contribution in [2.45, 2.75) is 45.7 Å². The number of nitrogens with one attached hydrogen (secondary N) is 2. The fourth-order valence-electron chi connectivity index (χ4n) is 1.82. The zero-order chi connectivity index (χ0) is 15.1. The van der Waals surface area contributed by atoms with Gasteiger partial charge in [-0.05, 0) is 38.0 Å². The maximum atomic E-state index is 13.7. The first-order valence-corrected chi connectivity index (χ1v) is 6.78. The van der Waals surface area contributed by atoms with Crippen LogP contribution in [0.1, 0.15) is 39.2 Å². The Morgan fingerprint density at radius 1 is 1.40 bits per heavy atom. The molecule has 20 heavy (non-hydrogen) atoms. The molecule has 1 rings (SSSR count). The fourth-order valence-corrected chi connectivity index (χ4v) is 1.82. The standard InChI is InChI=1S/C15H20FN3O/c1-4-12(5-2)19-15(20)10(3)18-14-7-6-11(9-17)8-13(14)16/h6-8,10,12,18H,4-5H2,1-3H3,(H,19,20). The van der Waals surface area contributed by atoms with Crippen molar-refractivity contribution in [2.24, 2.45) is 0 Å². The molecule has 0 spiro atoms. The highest BCUT2D eigenvalue weighted by Crippen LogP contribution is 2.16. The molecule has 0 aliphatic heterocycles. The van der Waals surface area contributed by atoms with Crippen LogP contribution in [0.4, 0.5) is 10.1 Å². The maximum absolute atomic E-state index is 13.7. The summed E-state index contributed by atoms with van der Waals surface area (Å²) in [5.41, 5.74) is 0.471. The van der Waals surface area contributed by atoms with Crippen LogP contribution in [0.5, 0.6) is 0 Å². The minimum Gasteiger partial charge on any atom is -0.372 e. The summed E-state index contributed by atoms with van der Waals surface area (Å²) in [6.07, 6.45) is 1.72. The lowest BCUT2D eigenvalue weighted by Crippen LogP contribution is -2.42. The smallest absolute Gasteiger partial charge is 0.242 e. The zero-order valence-electron chi connectivity index (χ0n) is 12.0. The lowest BCUT2D eigenvalue weighted by Gasteiger charge is -2.20. The van der Waals surface area contributed by atoms with E-state index in [1.807, 2.05) is 19.9 Å². The lowest BCUT2D eigenvalue weighted by molar-refractivity contribution is -0.122. The Morgan fingerprint density at radius 3 is 2.55 bits per heavy atom. The van der Waals surface area contributed by atoms with Gasteiger partial charge in [-0.1, -0.05) is 13.8 Å². The number of benzene rings is 1. The molecule has 0 aliphatic rings. The Bertz CT molecular complexity index is 506. The third-order valence-electron chi connectivity index (χ3n) is 3.20. The summed E-state index contributed by atoms with van der Waals surface area (Å²) < 4.78 is 13.7. The molecule has 5 heteroatoms. The number of hydrogen-bond donors (Lipinski definition) is 2. The SMILES string of the molecule is CCC(CC)NC(=O)C(C)Nc1ccc(C#N)cc1F. The highest BCUT2D eigenvalue weighted by atomic mass is 19.1. The molecule has 2 N–H and O–H groups in total. The molecule has 108 valence electrons. The topological polar surface area (TPSA) is 64.9 Å². The Balaban J connectivity index is 2.68. The Kier molecular flexibility index (Phi) is 5.98. The average molecular weight is 277 g/mol. The number of anilines is 1. The predicted molar refractivity (Wildman–Crippen MR) is 76.7 cm³/mol. The van der Waals surface area contributed by atoms with Gasteiger partial charge >= 0.3 is 0 Å². The zero-order valence-corrected chi connectivity index (χ0v) is 12.0. The number of nitrogens with zero attached hydrogens (tertiary/aromatic N) is 1. The number of hydrogen-bond acceptors (Lipinski definition) is 3. The Hall–Kier alpha value is -2.09. The molecule has 0 aliphatic carbocycles. The molecule has 0 fully saturated rings. The first-order valence-electron chi connectivity index (χ1n) is 6.78. The fraction of sp³-hybridized carbons (Fsp3) is 0.467. The van der Waals surface area contributed by atoms with E-state index in [1.54, 1.807) is 6.92 Å². The molecule has 4 nitrogen and oxygen atoms in total. The van der Waals surface area contributed by atoms with E-state index in [2.05, 4.69) is 10.6 Å². The normalized spacial score (nSPS) is 11.8. The molecular formula is C15H20FN3O. The third kappa shape index (κ3) is 4.23. The summed E-state index contributed by atoms with van der Waals surface area (Å²) in [4.78, 5) is 12.0. The molecule has 1 unspecified atom stereocenters. The summed E-state index contributed by atoms with van der Waals surface area (Å²) in [7, 11) is 0. The van der Waals surface area contributed by atoms with Gasteiger partial charge in [0.05, 0.1) is 17.3 Å². The van der Waals surface area contributed by atoms with Gasteiger partial charge in [0.25, 0.3) is 0 Å². The van der Waals surface area contributed by atoms with Crippen molar-refractivity contribution >= 4 is 11.6 Å². The quantitative estimate of drug-likeness (QED) is 0.840. The molecule has 0 aromatic heterocycles. The molecule has 1 atom stereocenters. The van der Waals surface area contributed by atoms with Crippen molar-refractivity contribution in [2.75, 3.05) is 5.32 Å². The number of nitriles is 1. The van der Waals surface area contributed by atoms with Gasteiger partial charge in [-0.2, -0.15) is 5.26 Å². The highest BCUT2D eigenvalue weighted by Gasteiger charge is 2.17. The Labute approximate surface area is 119 Å². The number of carbonyl (C=O) groups excluding carboxylic acids is 1. The van der Waals surface area contributed by atoms with Crippen LogP contribution in [0.2, 0.25) is 0 Å². The van der Waals surface area contributed by atoms with Crippen molar-refractivity contribution < 1.29 is 9.18 Å². The summed E-state index contributed by atoms with van der Waals surface area (Å²) in [6, 6.07) is 5.58. The maximum Gasteiger partial charge on any atom is 0.242 e. The molecule has 0 heterocycles. The summed E-state index contributed by atoms with van der Waals surface area (Å²) in [5.74, 6) is -0.700. The van der Waals surface area contributed by atoms with Crippen molar-refractivity contribution in [3.8, 4) is 6.07 Å². The molecule has 1 amide bonds. The molecule has 0 radical (unpaired) electrons. The van der Waals surface area contributed by atoms with Gasteiger partial charge in [0.2, 0.25) is 5.91 Å². The second kappa shape index (κ2) is 7.49. The van der Waals surface area contributed by atoms with Crippen molar-refractivity contribution in [1.29, 1.82) is 5.26 Å². The van der Waals surface area contributed by atoms with Crippen molar-refractivity contribution in [1.82, 2.24) is 5.32 Å². The molecule has 0 saturated heterocycles. The number of halogens is 1. The lowest BCUT2D eigenvalue weighted by atomic mass is 10.1. The van der Waals surface area contributed by atoms with E-state index in [1.165, 1.54) is 12.1 Å². The van der Waals surface area contributed by atoms with Crippen LogP contribution in [0.15, 0.2) is 18.2 Å². The van der Waals surface area contributed by atoms with Crippen LogP contribution < -0.4 is 10.6 Å². The van der Waals surface area contributed by atoms with E-state index in [-0.39, 0.29) is 23.2 Å².